The predicted molar refractivity (Wildman–Crippen MR) is 116 cm³/mol. The fourth-order valence-corrected chi connectivity index (χ4v) is 3.38. The van der Waals surface area contributed by atoms with E-state index in [1.54, 1.807) is 6.21 Å². The number of hydrogen-bond acceptors (Lipinski definition) is 3. The van der Waals surface area contributed by atoms with Crippen molar-refractivity contribution in [3.05, 3.63) is 101 Å². The summed E-state index contributed by atoms with van der Waals surface area (Å²) in [5.41, 5.74) is 3.91. The predicted octanol–water partition coefficient (Wildman–Crippen LogP) is 7.00. The van der Waals surface area contributed by atoms with E-state index in [0.29, 0.717) is 17.2 Å². The summed E-state index contributed by atoms with van der Waals surface area (Å²) in [6.45, 7) is 0. The maximum Gasteiger partial charge on any atom is 0.238 e. The molecule has 4 aromatic rings. The van der Waals surface area contributed by atoms with Crippen molar-refractivity contribution in [3.8, 4) is 28.5 Å². The van der Waals surface area contributed by atoms with E-state index >= 15 is 0 Å². The molecule has 1 heterocycles. The average molecular weight is 427 g/mol. The SMILES string of the molecule is N#Cc1c(N=Cc2ccccc2Br)oc(-c2ccccc2)c1-c1ccccc1. The fraction of sp³-hybridized carbons (Fsp3) is 0. The van der Waals surface area contributed by atoms with Crippen molar-refractivity contribution in [1.29, 1.82) is 5.26 Å². The molecule has 0 radical (unpaired) electrons. The van der Waals surface area contributed by atoms with Gasteiger partial charge >= 0.3 is 0 Å². The number of aliphatic imine (C=N–C) groups is 1. The molecule has 0 aliphatic rings. The number of furan rings is 1. The van der Waals surface area contributed by atoms with Crippen molar-refractivity contribution in [3.63, 3.8) is 0 Å². The Morgan fingerprint density at radius 2 is 1.43 bits per heavy atom. The standard InChI is InChI=1S/C24H15BrN2O/c25-21-14-8-7-13-19(21)16-27-24-20(15-26)22(17-9-3-1-4-10-17)23(28-24)18-11-5-2-6-12-18/h1-14,16H. The minimum atomic E-state index is 0.302. The molecule has 4 heteroatoms. The molecule has 0 aliphatic heterocycles. The molecule has 0 amide bonds. The van der Waals surface area contributed by atoms with Crippen LogP contribution in [0.3, 0.4) is 0 Å². The number of halogens is 1. The molecule has 0 atom stereocenters. The van der Waals surface area contributed by atoms with Gasteiger partial charge in [0.25, 0.3) is 0 Å². The van der Waals surface area contributed by atoms with Crippen LogP contribution in [0, 0.1) is 11.3 Å². The quantitative estimate of drug-likeness (QED) is 0.329. The topological polar surface area (TPSA) is 49.3 Å². The van der Waals surface area contributed by atoms with Crippen LogP contribution in [0.15, 0.2) is 98.8 Å². The van der Waals surface area contributed by atoms with E-state index in [4.69, 9.17) is 4.42 Å². The summed E-state index contributed by atoms with van der Waals surface area (Å²) < 4.78 is 7.03. The molecule has 28 heavy (non-hydrogen) atoms. The Morgan fingerprint density at radius 1 is 0.821 bits per heavy atom. The Kier molecular flexibility index (Phi) is 5.18. The molecule has 0 unspecified atom stereocenters. The molecule has 0 N–H and O–H groups in total. The molecule has 0 bridgehead atoms. The fourth-order valence-electron chi connectivity index (χ4n) is 2.99. The van der Waals surface area contributed by atoms with Gasteiger partial charge in [-0.05, 0) is 11.6 Å². The second kappa shape index (κ2) is 8.08. The van der Waals surface area contributed by atoms with Crippen LogP contribution in [-0.4, -0.2) is 6.21 Å². The second-order valence-electron chi connectivity index (χ2n) is 6.11. The Balaban J connectivity index is 1.90. The lowest BCUT2D eigenvalue weighted by molar-refractivity contribution is 0.593. The van der Waals surface area contributed by atoms with Crippen LogP contribution in [0.25, 0.3) is 22.5 Å². The van der Waals surface area contributed by atoms with Crippen molar-refractivity contribution in [1.82, 2.24) is 0 Å². The van der Waals surface area contributed by atoms with Crippen LogP contribution in [0.5, 0.6) is 0 Å². The van der Waals surface area contributed by atoms with Crippen molar-refractivity contribution in [2.24, 2.45) is 4.99 Å². The van der Waals surface area contributed by atoms with Crippen LogP contribution in [-0.2, 0) is 0 Å². The summed E-state index contributed by atoms with van der Waals surface area (Å²) >= 11 is 3.51. The third-order valence-electron chi connectivity index (χ3n) is 4.33. The first kappa shape index (κ1) is 18.0. The third kappa shape index (κ3) is 3.53. The average Bonchev–Trinajstić information content (AvgIpc) is 3.13. The highest BCUT2D eigenvalue weighted by atomic mass is 79.9. The monoisotopic (exact) mass is 426 g/mol. The zero-order valence-corrected chi connectivity index (χ0v) is 16.4. The molecule has 134 valence electrons. The molecule has 3 aromatic carbocycles. The van der Waals surface area contributed by atoms with E-state index in [9.17, 15) is 5.26 Å². The Bertz CT molecular complexity index is 1170. The zero-order chi connectivity index (χ0) is 19.3. The van der Waals surface area contributed by atoms with Crippen LogP contribution >= 0.6 is 15.9 Å². The van der Waals surface area contributed by atoms with Gasteiger partial charge in [0.1, 0.15) is 17.4 Å². The molecule has 3 nitrogen and oxygen atoms in total. The highest BCUT2D eigenvalue weighted by Crippen LogP contribution is 2.42. The van der Waals surface area contributed by atoms with Gasteiger partial charge in [0, 0.05) is 27.4 Å². The van der Waals surface area contributed by atoms with Crippen LogP contribution in [0.2, 0.25) is 0 Å². The van der Waals surface area contributed by atoms with Crippen molar-refractivity contribution >= 4 is 28.0 Å². The maximum atomic E-state index is 9.88. The molecule has 0 fully saturated rings. The normalized spacial score (nSPS) is 10.9. The summed E-state index contributed by atoms with van der Waals surface area (Å²) in [7, 11) is 0. The number of hydrogen-bond donors (Lipinski definition) is 0. The smallest absolute Gasteiger partial charge is 0.238 e. The molecular weight excluding hydrogens is 412 g/mol. The molecule has 0 aliphatic carbocycles. The Labute approximate surface area is 171 Å². The Morgan fingerprint density at radius 3 is 2.07 bits per heavy atom. The van der Waals surface area contributed by atoms with Gasteiger partial charge in [-0.3, -0.25) is 0 Å². The highest BCUT2D eigenvalue weighted by molar-refractivity contribution is 9.10. The molecule has 0 saturated heterocycles. The first-order valence-electron chi connectivity index (χ1n) is 8.74. The van der Waals surface area contributed by atoms with Gasteiger partial charge in [0.05, 0.1) is 0 Å². The minimum Gasteiger partial charge on any atom is -0.436 e. The summed E-state index contributed by atoms with van der Waals surface area (Å²) in [4.78, 5) is 4.50. The number of rotatable bonds is 4. The highest BCUT2D eigenvalue weighted by Gasteiger charge is 2.22. The molecule has 0 spiro atoms. The van der Waals surface area contributed by atoms with Crippen molar-refractivity contribution < 1.29 is 4.42 Å². The molecular formula is C24H15BrN2O. The first-order chi connectivity index (χ1) is 13.8. The Hall–Kier alpha value is -3.42. The van der Waals surface area contributed by atoms with Gasteiger partial charge in [0.2, 0.25) is 5.88 Å². The number of nitrogens with zero attached hydrogens (tertiary/aromatic N) is 2. The summed E-state index contributed by atoms with van der Waals surface area (Å²) in [5, 5.41) is 9.88. The van der Waals surface area contributed by atoms with E-state index < -0.39 is 0 Å². The summed E-state index contributed by atoms with van der Waals surface area (Å²) in [5.74, 6) is 0.943. The van der Waals surface area contributed by atoms with Gasteiger partial charge in [-0.1, -0.05) is 94.8 Å². The minimum absolute atomic E-state index is 0.302. The van der Waals surface area contributed by atoms with Gasteiger partial charge in [0.15, 0.2) is 0 Å². The number of benzene rings is 3. The van der Waals surface area contributed by atoms with Crippen LogP contribution in [0.4, 0.5) is 5.88 Å². The van der Waals surface area contributed by atoms with Gasteiger partial charge in [-0.2, -0.15) is 5.26 Å². The lowest BCUT2D eigenvalue weighted by atomic mass is 9.98. The first-order valence-corrected chi connectivity index (χ1v) is 9.53. The summed E-state index contributed by atoms with van der Waals surface area (Å²) in [6.07, 6.45) is 1.70. The van der Waals surface area contributed by atoms with Crippen LogP contribution < -0.4 is 0 Å². The van der Waals surface area contributed by atoms with Gasteiger partial charge in [-0.25, -0.2) is 4.99 Å². The lowest BCUT2D eigenvalue weighted by Crippen LogP contribution is -1.84. The second-order valence-corrected chi connectivity index (χ2v) is 6.96. The van der Waals surface area contributed by atoms with E-state index in [2.05, 4.69) is 27.0 Å². The van der Waals surface area contributed by atoms with Gasteiger partial charge < -0.3 is 4.42 Å². The maximum absolute atomic E-state index is 9.88. The lowest BCUT2D eigenvalue weighted by Gasteiger charge is -2.03. The third-order valence-corrected chi connectivity index (χ3v) is 5.05. The van der Waals surface area contributed by atoms with E-state index in [1.807, 2.05) is 84.9 Å². The molecule has 1 aromatic heterocycles. The van der Waals surface area contributed by atoms with Crippen molar-refractivity contribution in [2.75, 3.05) is 0 Å². The summed E-state index contributed by atoms with van der Waals surface area (Å²) in [6, 6.07) is 29.6. The largest absolute Gasteiger partial charge is 0.436 e. The van der Waals surface area contributed by atoms with E-state index in [-0.39, 0.29) is 0 Å². The zero-order valence-electron chi connectivity index (χ0n) is 14.8. The molecule has 0 saturated carbocycles. The van der Waals surface area contributed by atoms with Crippen LogP contribution in [0.1, 0.15) is 11.1 Å². The number of nitriles is 1. The van der Waals surface area contributed by atoms with E-state index in [1.165, 1.54) is 0 Å². The molecule has 4 rings (SSSR count). The van der Waals surface area contributed by atoms with Crippen molar-refractivity contribution in [2.45, 2.75) is 0 Å². The van der Waals surface area contributed by atoms with Gasteiger partial charge in [-0.15, -0.1) is 0 Å². The van der Waals surface area contributed by atoms with E-state index in [0.717, 1.165) is 26.7 Å².